The van der Waals surface area contributed by atoms with Crippen molar-refractivity contribution in [3.8, 4) is 12.1 Å². The Hall–Kier alpha value is -1.56. The van der Waals surface area contributed by atoms with Crippen molar-refractivity contribution in [3.63, 3.8) is 0 Å². The Morgan fingerprint density at radius 1 is 1.24 bits per heavy atom. The first-order valence-corrected chi connectivity index (χ1v) is 5.29. The molecule has 2 unspecified atom stereocenters. The van der Waals surface area contributed by atoms with E-state index < -0.39 is 29.7 Å². The van der Waals surface area contributed by atoms with Crippen LogP contribution >= 0.6 is 0 Å². The van der Waals surface area contributed by atoms with Gasteiger partial charge in [-0.25, -0.2) is 0 Å². The molecule has 3 nitrogen and oxygen atoms in total. The molecule has 0 aromatic carbocycles. The van der Waals surface area contributed by atoms with Crippen molar-refractivity contribution in [2.75, 3.05) is 0 Å². The smallest absolute Gasteiger partial charge is 0.297 e. The zero-order valence-corrected chi connectivity index (χ0v) is 9.00. The normalized spacial score (nSPS) is 25.1. The Morgan fingerprint density at radius 2 is 1.82 bits per heavy atom. The topological polar surface area (TPSA) is 64.7 Å². The third-order valence-electron chi connectivity index (χ3n) is 3.08. The predicted molar refractivity (Wildman–Crippen MR) is 51.2 cm³/mol. The van der Waals surface area contributed by atoms with Crippen LogP contribution < -0.4 is 0 Å². The van der Waals surface area contributed by atoms with E-state index in [4.69, 9.17) is 10.5 Å². The largest absolute Gasteiger partial charge is 0.391 e. The number of nitriles is 2. The van der Waals surface area contributed by atoms with E-state index in [1.807, 2.05) is 0 Å². The second-order valence-corrected chi connectivity index (χ2v) is 4.20. The van der Waals surface area contributed by atoms with Crippen LogP contribution in [0.15, 0.2) is 0 Å². The SMILES string of the molecule is N#CC(C#N)C(=O)C1CCCC(C(F)(F)F)C1. The summed E-state index contributed by atoms with van der Waals surface area (Å²) in [6, 6.07) is 3.02. The van der Waals surface area contributed by atoms with Gasteiger partial charge in [0, 0.05) is 5.92 Å². The molecular weight excluding hydrogens is 233 g/mol. The number of hydrogen-bond donors (Lipinski definition) is 0. The fourth-order valence-corrected chi connectivity index (χ4v) is 2.14. The first kappa shape index (κ1) is 13.5. The van der Waals surface area contributed by atoms with E-state index in [0.29, 0.717) is 12.8 Å². The van der Waals surface area contributed by atoms with Gasteiger partial charge in [-0.05, 0) is 19.3 Å². The molecule has 2 atom stereocenters. The highest BCUT2D eigenvalue weighted by Crippen LogP contribution is 2.40. The second-order valence-electron chi connectivity index (χ2n) is 4.20. The quantitative estimate of drug-likeness (QED) is 0.749. The van der Waals surface area contributed by atoms with Crippen LogP contribution in [0.1, 0.15) is 25.7 Å². The molecule has 1 rings (SSSR count). The number of alkyl halides is 3. The highest BCUT2D eigenvalue weighted by Gasteiger charge is 2.44. The fraction of sp³-hybridized carbons (Fsp3) is 0.727. The number of nitrogens with zero attached hydrogens (tertiary/aromatic N) is 2. The average Bonchev–Trinajstić information content (AvgIpc) is 2.29. The molecule has 0 spiro atoms. The molecular formula is C11H11F3N2O. The van der Waals surface area contributed by atoms with Gasteiger partial charge in [0.25, 0.3) is 0 Å². The maximum absolute atomic E-state index is 12.5. The van der Waals surface area contributed by atoms with E-state index in [1.54, 1.807) is 0 Å². The summed E-state index contributed by atoms with van der Waals surface area (Å²) in [4.78, 5) is 11.6. The lowest BCUT2D eigenvalue weighted by atomic mass is 9.76. The van der Waals surface area contributed by atoms with Crippen LogP contribution in [0.25, 0.3) is 0 Å². The van der Waals surface area contributed by atoms with Crippen molar-refractivity contribution in [3.05, 3.63) is 0 Å². The molecule has 1 aliphatic carbocycles. The molecule has 0 amide bonds. The summed E-state index contributed by atoms with van der Waals surface area (Å²) in [5.74, 6) is -4.39. The van der Waals surface area contributed by atoms with Crippen LogP contribution in [0.3, 0.4) is 0 Å². The summed E-state index contributed by atoms with van der Waals surface area (Å²) < 4.78 is 37.5. The maximum atomic E-state index is 12.5. The molecule has 0 N–H and O–H groups in total. The zero-order chi connectivity index (χ0) is 13.1. The van der Waals surface area contributed by atoms with Gasteiger partial charge in [-0.15, -0.1) is 0 Å². The molecule has 1 saturated carbocycles. The zero-order valence-electron chi connectivity index (χ0n) is 9.00. The number of carbonyl (C=O) groups is 1. The summed E-state index contributed by atoms with van der Waals surface area (Å²) in [5, 5.41) is 17.1. The van der Waals surface area contributed by atoms with E-state index in [2.05, 4.69) is 0 Å². The molecule has 0 aliphatic heterocycles. The van der Waals surface area contributed by atoms with Crippen LogP contribution in [-0.4, -0.2) is 12.0 Å². The summed E-state index contributed by atoms with van der Waals surface area (Å²) >= 11 is 0. The van der Waals surface area contributed by atoms with Crippen molar-refractivity contribution < 1.29 is 18.0 Å². The van der Waals surface area contributed by atoms with Crippen LogP contribution in [0.5, 0.6) is 0 Å². The van der Waals surface area contributed by atoms with E-state index in [-0.39, 0.29) is 12.8 Å². The number of halogens is 3. The van der Waals surface area contributed by atoms with E-state index >= 15 is 0 Å². The number of Topliss-reactive ketones (excluding diaryl/α,β-unsaturated/α-hetero) is 1. The minimum atomic E-state index is -4.30. The van der Waals surface area contributed by atoms with Crippen LogP contribution in [0, 0.1) is 40.4 Å². The summed E-state index contributed by atoms with van der Waals surface area (Å²) in [7, 11) is 0. The molecule has 17 heavy (non-hydrogen) atoms. The predicted octanol–water partition coefficient (Wildman–Crippen LogP) is 2.59. The number of rotatable bonds is 2. The molecule has 0 bridgehead atoms. The lowest BCUT2D eigenvalue weighted by molar-refractivity contribution is -0.186. The molecule has 1 aliphatic rings. The van der Waals surface area contributed by atoms with Gasteiger partial charge >= 0.3 is 6.18 Å². The van der Waals surface area contributed by atoms with Gasteiger partial charge < -0.3 is 0 Å². The van der Waals surface area contributed by atoms with Crippen molar-refractivity contribution in [2.45, 2.75) is 31.9 Å². The summed E-state index contributed by atoms with van der Waals surface area (Å²) in [6.07, 6.45) is -3.91. The lowest BCUT2D eigenvalue weighted by Crippen LogP contribution is -2.33. The van der Waals surface area contributed by atoms with Gasteiger partial charge in [-0.2, -0.15) is 23.7 Å². The van der Waals surface area contributed by atoms with Crippen LogP contribution in [0.2, 0.25) is 0 Å². The number of hydrogen-bond acceptors (Lipinski definition) is 3. The lowest BCUT2D eigenvalue weighted by Gasteiger charge is -2.29. The standard InChI is InChI=1S/C11H11F3N2O/c12-11(13,14)9-3-1-2-7(4-9)10(17)8(5-15)6-16/h7-9H,1-4H2. The van der Waals surface area contributed by atoms with E-state index in [1.165, 1.54) is 12.1 Å². The molecule has 1 fully saturated rings. The fourth-order valence-electron chi connectivity index (χ4n) is 2.14. The summed E-state index contributed by atoms with van der Waals surface area (Å²) in [5.41, 5.74) is 0. The van der Waals surface area contributed by atoms with Crippen molar-refractivity contribution in [1.82, 2.24) is 0 Å². The Balaban J connectivity index is 2.72. The van der Waals surface area contributed by atoms with Gasteiger partial charge in [0.2, 0.25) is 0 Å². The minimum absolute atomic E-state index is 0.0249. The Morgan fingerprint density at radius 3 is 2.29 bits per heavy atom. The molecule has 0 saturated heterocycles. The first-order valence-electron chi connectivity index (χ1n) is 5.29. The van der Waals surface area contributed by atoms with Gasteiger partial charge in [0.05, 0.1) is 18.1 Å². The Kier molecular flexibility index (Phi) is 4.11. The van der Waals surface area contributed by atoms with Gasteiger partial charge in [-0.1, -0.05) is 6.42 Å². The van der Waals surface area contributed by atoms with Crippen molar-refractivity contribution >= 4 is 5.78 Å². The van der Waals surface area contributed by atoms with Crippen molar-refractivity contribution in [2.24, 2.45) is 17.8 Å². The molecule has 0 aromatic heterocycles. The van der Waals surface area contributed by atoms with Crippen molar-refractivity contribution in [1.29, 1.82) is 10.5 Å². The van der Waals surface area contributed by atoms with Gasteiger partial charge in [0.1, 0.15) is 0 Å². The molecule has 6 heteroatoms. The molecule has 0 aromatic rings. The van der Waals surface area contributed by atoms with Crippen LogP contribution in [-0.2, 0) is 4.79 Å². The third-order valence-corrected chi connectivity index (χ3v) is 3.08. The van der Waals surface area contributed by atoms with Gasteiger partial charge in [-0.3, -0.25) is 4.79 Å². The minimum Gasteiger partial charge on any atom is -0.297 e. The Bertz CT molecular complexity index is 364. The summed E-state index contributed by atoms with van der Waals surface area (Å²) in [6.45, 7) is 0. The first-order chi connectivity index (χ1) is 7.90. The molecule has 0 heterocycles. The second kappa shape index (κ2) is 5.18. The molecule has 92 valence electrons. The number of ketones is 1. The highest BCUT2D eigenvalue weighted by molar-refractivity contribution is 5.87. The van der Waals surface area contributed by atoms with E-state index in [9.17, 15) is 18.0 Å². The molecule has 0 radical (unpaired) electrons. The van der Waals surface area contributed by atoms with Crippen LogP contribution in [0.4, 0.5) is 13.2 Å². The highest BCUT2D eigenvalue weighted by atomic mass is 19.4. The van der Waals surface area contributed by atoms with Gasteiger partial charge in [0.15, 0.2) is 11.7 Å². The average molecular weight is 244 g/mol. The maximum Gasteiger partial charge on any atom is 0.391 e. The monoisotopic (exact) mass is 244 g/mol. The van der Waals surface area contributed by atoms with E-state index in [0.717, 1.165) is 0 Å². The Labute approximate surface area is 96.8 Å². The number of carbonyl (C=O) groups excluding carboxylic acids is 1. The third kappa shape index (κ3) is 3.20.